The minimum absolute atomic E-state index is 0.387. The Hall–Kier alpha value is 0.0200. The summed E-state index contributed by atoms with van der Waals surface area (Å²) in [4.78, 5) is 11.7. The minimum atomic E-state index is 0.387. The molecule has 1 nitrogen and oxygen atoms in total. The van der Waals surface area contributed by atoms with E-state index in [1.54, 1.807) is 0 Å². The molecule has 0 amide bonds. The van der Waals surface area contributed by atoms with Crippen LogP contribution >= 0.6 is 11.8 Å². The molecule has 15 heavy (non-hydrogen) atoms. The van der Waals surface area contributed by atoms with Gasteiger partial charge in [-0.2, -0.15) is 11.8 Å². The summed E-state index contributed by atoms with van der Waals surface area (Å²) < 4.78 is 0. The van der Waals surface area contributed by atoms with Crippen molar-refractivity contribution < 1.29 is 4.79 Å². The molecule has 1 fully saturated rings. The molecule has 2 atom stereocenters. The molecular weight excluding hydrogens is 204 g/mol. The Morgan fingerprint density at radius 3 is 2.80 bits per heavy atom. The lowest BCUT2D eigenvalue weighted by molar-refractivity contribution is -0.126. The van der Waals surface area contributed by atoms with Crippen molar-refractivity contribution in [2.45, 2.75) is 46.0 Å². The van der Waals surface area contributed by atoms with E-state index in [1.807, 2.05) is 11.8 Å². The smallest absolute Gasteiger partial charge is 0.135 e. The Bertz CT molecular complexity index is 201. The largest absolute Gasteiger partial charge is 0.299 e. The van der Waals surface area contributed by atoms with Crippen LogP contribution in [0.2, 0.25) is 0 Å². The molecule has 2 heteroatoms. The molecule has 0 radical (unpaired) electrons. The molecule has 0 aromatic heterocycles. The quantitative estimate of drug-likeness (QED) is 0.666. The normalized spacial score (nSPS) is 27.3. The number of hydrogen-bond acceptors (Lipinski definition) is 2. The van der Waals surface area contributed by atoms with Crippen LogP contribution in [-0.4, -0.2) is 17.8 Å². The lowest BCUT2D eigenvalue weighted by atomic mass is 9.74. The summed E-state index contributed by atoms with van der Waals surface area (Å²) in [6, 6.07) is 0. The van der Waals surface area contributed by atoms with E-state index in [4.69, 9.17) is 0 Å². The number of carbonyl (C=O) groups excluding carboxylic acids is 1. The molecule has 1 rings (SSSR count). The van der Waals surface area contributed by atoms with E-state index in [2.05, 4.69) is 20.1 Å². The van der Waals surface area contributed by atoms with Crippen molar-refractivity contribution in [2.24, 2.45) is 17.8 Å². The van der Waals surface area contributed by atoms with Crippen molar-refractivity contribution in [3.05, 3.63) is 0 Å². The van der Waals surface area contributed by atoms with Crippen LogP contribution in [-0.2, 0) is 4.79 Å². The van der Waals surface area contributed by atoms with Crippen LogP contribution < -0.4 is 0 Å². The summed E-state index contributed by atoms with van der Waals surface area (Å²) in [6.45, 7) is 4.58. The highest BCUT2D eigenvalue weighted by molar-refractivity contribution is 7.98. The van der Waals surface area contributed by atoms with Crippen molar-refractivity contribution in [1.29, 1.82) is 0 Å². The Balaban J connectivity index is 2.36. The molecule has 1 aliphatic rings. The summed E-state index contributed by atoms with van der Waals surface area (Å²) in [6.07, 6.45) is 7.61. The Morgan fingerprint density at radius 2 is 2.20 bits per heavy atom. The second-order valence-electron chi connectivity index (χ2n) is 5.08. The highest BCUT2D eigenvalue weighted by Crippen LogP contribution is 2.33. The summed E-state index contributed by atoms with van der Waals surface area (Å²) >= 11 is 1.89. The zero-order valence-corrected chi connectivity index (χ0v) is 11.1. The van der Waals surface area contributed by atoms with E-state index in [0.717, 1.165) is 37.5 Å². The number of carbonyl (C=O) groups is 1. The summed E-state index contributed by atoms with van der Waals surface area (Å²) in [7, 11) is 0. The average molecular weight is 228 g/mol. The standard InChI is InChI=1S/C13H24OS/c1-10(2)11-6-7-13(14)12(9-11)5-4-8-15-3/h10-12H,4-9H2,1-3H3. The molecule has 0 aromatic rings. The number of Topliss-reactive ketones (excluding diaryl/α,β-unsaturated/α-hetero) is 1. The van der Waals surface area contributed by atoms with Gasteiger partial charge in [0.15, 0.2) is 0 Å². The topological polar surface area (TPSA) is 17.1 Å². The van der Waals surface area contributed by atoms with Crippen LogP contribution in [0.3, 0.4) is 0 Å². The van der Waals surface area contributed by atoms with Crippen LogP contribution in [0.4, 0.5) is 0 Å². The molecule has 0 saturated heterocycles. The molecule has 0 aliphatic heterocycles. The number of thioether (sulfide) groups is 1. The van der Waals surface area contributed by atoms with Crippen molar-refractivity contribution in [3.8, 4) is 0 Å². The summed E-state index contributed by atoms with van der Waals surface area (Å²) in [5, 5.41) is 0. The Labute approximate surface area is 98.4 Å². The lowest BCUT2D eigenvalue weighted by Crippen LogP contribution is -2.27. The molecule has 0 N–H and O–H groups in total. The van der Waals surface area contributed by atoms with Crippen molar-refractivity contribution in [1.82, 2.24) is 0 Å². The van der Waals surface area contributed by atoms with Gasteiger partial charge in [0.05, 0.1) is 0 Å². The maximum absolute atomic E-state index is 11.7. The van der Waals surface area contributed by atoms with Gasteiger partial charge in [-0.25, -0.2) is 0 Å². The third-order valence-corrected chi connectivity index (χ3v) is 4.34. The molecule has 0 aromatic carbocycles. The SMILES string of the molecule is CSCCCC1CC(C(C)C)CCC1=O. The first-order valence-electron chi connectivity index (χ1n) is 6.16. The first-order chi connectivity index (χ1) is 7.15. The van der Waals surface area contributed by atoms with Gasteiger partial charge < -0.3 is 0 Å². The van der Waals surface area contributed by atoms with E-state index in [1.165, 1.54) is 12.2 Å². The molecule has 1 saturated carbocycles. The van der Waals surface area contributed by atoms with Crippen molar-refractivity contribution >= 4 is 17.5 Å². The second-order valence-corrected chi connectivity index (χ2v) is 6.06. The second kappa shape index (κ2) is 6.57. The number of rotatable bonds is 5. The molecule has 0 bridgehead atoms. The van der Waals surface area contributed by atoms with E-state index in [-0.39, 0.29) is 0 Å². The number of ketones is 1. The highest BCUT2D eigenvalue weighted by Gasteiger charge is 2.29. The molecule has 88 valence electrons. The highest BCUT2D eigenvalue weighted by atomic mass is 32.2. The zero-order valence-electron chi connectivity index (χ0n) is 10.3. The van der Waals surface area contributed by atoms with Gasteiger partial charge in [0.25, 0.3) is 0 Å². The fourth-order valence-electron chi connectivity index (χ4n) is 2.50. The van der Waals surface area contributed by atoms with E-state index in [0.29, 0.717) is 11.7 Å². The van der Waals surface area contributed by atoms with Gasteiger partial charge in [-0.3, -0.25) is 4.79 Å². The fraction of sp³-hybridized carbons (Fsp3) is 0.923. The van der Waals surface area contributed by atoms with Gasteiger partial charge in [0.1, 0.15) is 5.78 Å². The third kappa shape index (κ3) is 4.18. The molecular formula is C13H24OS. The molecule has 2 unspecified atom stereocenters. The van der Waals surface area contributed by atoms with Gasteiger partial charge in [-0.1, -0.05) is 13.8 Å². The van der Waals surface area contributed by atoms with Crippen molar-refractivity contribution in [2.75, 3.05) is 12.0 Å². The minimum Gasteiger partial charge on any atom is -0.299 e. The predicted molar refractivity (Wildman–Crippen MR) is 68.3 cm³/mol. The van der Waals surface area contributed by atoms with Crippen LogP contribution in [0.25, 0.3) is 0 Å². The van der Waals surface area contributed by atoms with E-state index in [9.17, 15) is 4.79 Å². The predicted octanol–water partition coefficient (Wildman–Crippen LogP) is 3.77. The van der Waals surface area contributed by atoms with E-state index >= 15 is 0 Å². The van der Waals surface area contributed by atoms with Gasteiger partial charge in [-0.05, 0) is 49.5 Å². The van der Waals surface area contributed by atoms with Gasteiger partial charge in [-0.15, -0.1) is 0 Å². The first-order valence-corrected chi connectivity index (χ1v) is 7.56. The van der Waals surface area contributed by atoms with E-state index < -0.39 is 0 Å². The monoisotopic (exact) mass is 228 g/mol. The fourth-order valence-corrected chi connectivity index (χ4v) is 2.96. The zero-order chi connectivity index (χ0) is 11.3. The van der Waals surface area contributed by atoms with Crippen LogP contribution in [0.15, 0.2) is 0 Å². The number of hydrogen-bond donors (Lipinski definition) is 0. The molecule has 1 aliphatic carbocycles. The maximum Gasteiger partial charge on any atom is 0.135 e. The molecule has 0 heterocycles. The maximum atomic E-state index is 11.7. The molecule has 0 spiro atoms. The van der Waals surface area contributed by atoms with Gasteiger partial charge >= 0.3 is 0 Å². The van der Waals surface area contributed by atoms with Crippen LogP contribution in [0.1, 0.15) is 46.0 Å². The van der Waals surface area contributed by atoms with Gasteiger partial charge in [0.2, 0.25) is 0 Å². The summed E-state index contributed by atoms with van der Waals surface area (Å²) in [5.41, 5.74) is 0. The first kappa shape index (κ1) is 13.1. The third-order valence-electron chi connectivity index (χ3n) is 3.65. The van der Waals surface area contributed by atoms with Gasteiger partial charge in [0, 0.05) is 12.3 Å². The Morgan fingerprint density at radius 1 is 1.47 bits per heavy atom. The van der Waals surface area contributed by atoms with Crippen LogP contribution in [0.5, 0.6) is 0 Å². The summed E-state index contributed by atoms with van der Waals surface area (Å²) in [5.74, 6) is 3.67. The lowest BCUT2D eigenvalue weighted by Gasteiger charge is -2.30. The average Bonchev–Trinajstić information content (AvgIpc) is 2.20. The Kier molecular flexibility index (Phi) is 5.73. The van der Waals surface area contributed by atoms with Crippen molar-refractivity contribution in [3.63, 3.8) is 0 Å². The van der Waals surface area contributed by atoms with Crippen LogP contribution in [0, 0.1) is 17.8 Å².